The lowest BCUT2D eigenvalue weighted by atomic mass is 9.95. The number of anilines is 1. The van der Waals surface area contributed by atoms with Crippen molar-refractivity contribution in [2.75, 3.05) is 26.2 Å². The third-order valence-corrected chi connectivity index (χ3v) is 6.68. The molecule has 0 aliphatic rings. The van der Waals surface area contributed by atoms with E-state index < -0.39 is 22.7 Å². The standard InChI is InChI=1S/C25H27NO5S/c1-18-12-14-19(15-13-18)26(2)21(22-11-8-16-31-22)17-25(23(27)29-3,24(28)30-4)32-20-9-6-5-7-10-20/h5-16,21H,17H2,1-4H3. The molecule has 0 amide bonds. The maximum absolute atomic E-state index is 13.2. The first kappa shape index (κ1) is 23.5. The van der Waals surface area contributed by atoms with Crippen LogP contribution in [-0.4, -0.2) is 38.0 Å². The van der Waals surface area contributed by atoms with Crippen LogP contribution in [0.1, 0.15) is 23.8 Å². The summed E-state index contributed by atoms with van der Waals surface area (Å²) in [5.41, 5.74) is 2.06. The molecule has 0 saturated carbocycles. The average Bonchev–Trinajstić information content (AvgIpc) is 3.36. The van der Waals surface area contributed by atoms with Crippen LogP contribution in [0.2, 0.25) is 0 Å². The number of rotatable bonds is 9. The van der Waals surface area contributed by atoms with Crippen LogP contribution in [0.5, 0.6) is 0 Å². The number of nitrogens with zero attached hydrogens (tertiary/aromatic N) is 1. The third-order valence-electron chi connectivity index (χ3n) is 5.33. The Bertz CT molecular complexity index is 1000. The van der Waals surface area contributed by atoms with E-state index >= 15 is 0 Å². The molecule has 0 radical (unpaired) electrons. The molecule has 1 aromatic heterocycles. The molecule has 0 fully saturated rings. The maximum atomic E-state index is 13.2. The fraction of sp³-hybridized carbons (Fsp3) is 0.280. The molecular weight excluding hydrogens is 426 g/mol. The number of methoxy groups -OCH3 is 2. The smallest absolute Gasteiger partial charge is 0.334 e. The zero-order valence-electron chi connectivity index (χ0n) is 18.6. The molecule has 1 unspecified atom stereocenters. The predicted molar refractivity (Wildman–Crippen MR) is 125 cm³/mol. The molecular formula is C25H27NO5S. The van der Waals surface area contributed by atoms with E-state index in [4.69, 9.17) is 13.9 Å². The van der Waals surface area contributed by atoms with E-state index in [0.29, 0.717) is 5.76 Å². The topological polar surface area (TPSA) is 69.0 Å². The van der Waals surface area contributed by atoms with Crippen LogP contribution in [0, 0.1) is 6.92 Å². The van der Waals surface area contributed by atoms with Gasteiger partial charge in [-0.15, -0.1) is 0 Å². The lowest BCUT2D eigenvalue weighted by Crippen LogP contribution is -2.48. The van der Waals surface area contributed by atoms with Crippen LogP contribution in [0.3, 0.4) is 0 Å². The second kappa shape index (κ2) is 10.4. The Labute approximate surface area is 192 Å². The van der Waals surface area contributed by atoms with Crippen LogP contribution in [0.15, 0.2) is 82.3 Å². The molecule has 0 aliphatic heterocycles. The molecule has 168 valence electrons. The monoisotopic (exact) mass is 453 g/mol. The SMILES string of the molecule is COC(=O)C(CC(c1ccco1)N(C)c1ccc(C)cc1)(Sc1ccccc1)C(=O)OC. The van der Waals surface area contributed by atoms with E-state index in [9.17, 15) is 9.59 Å². The van der Waals surface area contributed by atoms with Crippen molar-refractivity contribution in [1.82, 2.24) is 0 Å². The molecule has 0 bridgehead atoms. The highest BCUT2D eigenvalue weighted by Gasteiger charge is 2.52. The summed E-state index contributed by atoms with van der Waals surface area (Å²) >= 11 is 1.12. The van der Waals surface area contributed by atoms with Crippen molar-refractivity contribution in [2.45, 2.75) is 29.0 Å². The molecule has 0 N–H and O–H groups in total. The van der Waals surface area contributed by atoms with Gasteiger partial charge in [0.15, 0.2) is 0 Å². The highest BCUT2D eigenvalue weighted by atomic mass is 32.2. The van der Waals surface area contributed by atoms with Crippen molar-refractivity contribution in [1.29, 1.82) is 0 Å². The summed E-state index contributed by atoms with van der Waals surface area (Å²) in [5.74, 6) is -0.724. The number of thioether (sulfide) groups is 1. The number of ether oxygens (including phenoxy) is 2. The van der Waals surface area contributed by atoms with Crippen LogP contribution >= 0.6 is 11.8 Å². The number of carbonyl (C=O) groups is 2. The summed E-state index contributed by atoms with van der Waals surface area (Å²) in [4.78, 5) is 29.0. The number of hydrogen-bond acceptors (Lipinski definition) is 7. The lowest BCUT2D eigenvalue weighted by molar-refractivity contribution is -0.156. The molecule has 3 rings (SSSR count). The fourth-order valence-corrected chi connectivity index (χ4v) is 4.81. The first-order valence-corrected chi connectivity index (χ1v) is 11.0. The molecule has 7 heteroatoms. The first-order valence-electron chi connectivity index (χ1n) is 10.1. The third kappa shape index (κ3) is 4.99. The van der Waals surface area contributed by atoms with Gasteiger partial charge >= 0.3 is 11.9 Å². The molecule has 1 atom stereocenters. The molecule has 6 nitrogen and oxygen atoms in total. The van der Waals surface area contributed by atoms with Gasteiger partial charge in [-0.25, -0.2) is 9.59 Å². The van der Waals surface area contributed by atoms with Gasteiger partial charge in [-0.1, -0.05) is 47.7 Å². The van der Waals surface area contributed by atoms with E-state index in [0.717, 1.165) is 27.9 Å². The number of carbonyl (C=O) groups excluding carboxylic acids is 2. The molecule has 0 spiro atoms. The Hall–Kier alpha value is -3.19. The minimum atomic E-state index is -1.64. The Morgan fingerprint density at radius 1 is 0.969 bits per heavy atom. The van der Waals surface area contributed by atoms with Gasteiger partial charge in [-0.3, -0.25) is 0 Å². The molecule has 1 heterocycles. The number of aryl methyl sites for hydroxylation is 1. The largest absolute Gasteiger partial charge is 0.468 e. The number of furan rings is 1. The molecule has 2 aromatic carbocycles. The summed E-state index contributed by atoms with van der Waals surface area (Å²) in [7, 11) is 4.46. The lowest BCUT2D eigenvalue weighted by Gasteiger charge is -2.35. The second-order valence-corrected chi connectivity index (χ2v) is 8.78. The van der Waals surface area contributed by atoms with Crippen molar-refractivity contribution in [2.24, 2.45) is 0 Å². The van der Waals surface area contributed by atoms with Gasteiger partial charge in [0.1, 0.15) is 5.76 Å². The number of benzene rings is 2. The highest BCUT2D eigenvalue weighted by Crippen LogP contribution is 2.44. The normalized spacial score (nSPS) is 12.1. The summed E-state index contributed by atoms with van der Waals surface area (Å²) in [6.07, 6.45) is 1.65. The first-order chi connectivity index (χ1) is 15.4. The number of hydrogen-bond donors (Lipinski definition) is 0. The van der Waals surface area contributed by atoms with Gasteiger partial charge in [0.05, 0.1) is 26.5 Å². The van der Waals surface area contributed by atoms with E-state index in [2.05, 4.69) is 0 Å². The van der Waals surface area contributed by atoms with E-state index in [1.807, 2.05) is 79.5 Å². The van der Waals surface area contributed by atoms with Gasteiger partial charge < -0.3 is 18.8 Å². The van der Waals surface area contributed by atoms with Crippen molar-refractivity contribution in [3.05, 3.63) is 84.3 Å². The molecule has 3 aromatic rings. The van der Waals surface area contributed by atoms with Crippen LogP contribution in [0.25, 0.3) is 0 Å². The minimum Gasteiger partial charge on any atom is -0.468 e. The average molecular weight is 454 g/mol. The molecule has 0 saturated heterocycles. The fourth-order valence-electron chi connectivity index (χ4n) is 3.54. The van der Waals surface area contributed by atoms with Crippen LogP contribution in [0.4, 0.5) is 5.69 Å². The Kier molecular flexibility index (Phi) is 7.64. The Morgan fingerprint density at radius 3 is 2.12 bits per heavy atom. The van der Waals surface area contributed by atoms with Gasteiger partial charge in [-0.2, -0.15) is 0 Å². The summed E-state index contributed by atoms with van der Waals surface area (Å²) in [5, 5.41) is 0. The van der Waals surface area contributed by atoms with Gasteiger partial charge in [0, 0.05) is 24.1 Å². The van der Waals surface area contributed by atoms with Gasteiger partial charge in [0.2, 0.25) is 4.75 Å². The van der Waals surface area contributed by atoms with E-state index in [1.165, 1.54) is 14.2 Å². The van der Waals surface area contributed by atoms with Crippen molar-refractivity contribution in [3.63, 3.8) is 0 Å². The predicted octanol–water partition coefficient (Wildman–Crippen LogP) is 5.03. The quantitative estimate of drug-likeness (QED) is 0.256. The van der Waals surface area contributed by atoms with E-state index in [-0.39, 0.29) is 6.42 Å². The zero-order valence-corrected chi connectivity index (χ0v) is 19.4. The summed E-state index contributed by atoms with van der Waals surface area (Å²) in [6, 6.07) is 20.5. The van der Waals surface area contributed by atoms with Crippen molar-refractivity contribution >= 4 is 29.4 Å². The summed E-state index contributed by atoms with van der Waals surface area (Å²) < 4.78 is 14.3. The maximum Gasteiger partial charge on any atom is 0.334 e. The number of esters is 2. The molecule has 32 heavy (non-hydrogen) atoms. The van der Waals surface area contributed by atoms with Crippen LogP contribution < -0.4 is 4.90 Å². The van der Waals surface area contributed by atoms with Crippen molar-refractivity contribution in [3.8, 4) is 0 Å². The molecule has 0 aliphatic carbocycles. The van der Waals surface area contributed by atoms with Crippen LogP contribution in [-0.2, 0) is 19.1 Å². The summed E-state index contributed by atoms with van der Waals surface area (Å²) in [6.45, 7) is 2.02. The second-order valence-electron chi connectivity index (χ2n) is 7.41. The Balaban J connectivity index is 2.09. The van der Waals surface area contributed by atoms with E-state index in [1.54, 1.807) is 12.3 Å². The van der Waals surface area contributed by atoms with Crippen molar-refractivity contribution < 1.29 is 23.5 Å². The van der Waals surface area contributed by atoms with Gasteiger partial charge in [-0.05, 0) is 43.3 Å². The highest BCUT2D eigenvalue weighted by molar-refractivity contribution is 8.02. The zero-order chi connectivity index (χ0) is 23.1. The Morgan fingerprint density at radius 2 is 1.59 bits per heavy atom. The minimum absolute atomic E-state index is 0.0732. The van der Waals surface area contributed by atoms with Gasteiger partial charge in [0.25, 0.3) is 0 Å².